The van der Waals surface area contributed by atoms with Crippen molar-refractivity contribution < 1.29 is 21.1 Å². The van der Waals surface area contributed by atoms with Gasteiger partial charge in [-0.2, -0.15) is 30.3 Å². The Kier molecular flexibility index (Phi) is 8.33. The molecule has 272 valence electrons. The van der Waals surface area contributed by atoms with Crippen LogP contribution in [0.1, 0.15) is 68.5 Å². The zero-order valence-electron chi connectivity index (χ0n) is 31.6. The third-order valence-electron chi connectivity index (χ3n) is 11.4. The van der Waals surface area contributed by atoms with Crippen molar-refractivity contribution in [3.8, 4) is 22.6 Å². The minimum Gasteiger partial charge on any atom is -0.319 e. The number of rotatable bonds is 5. The summed E-state index contributed by atoms with van der Waals surface area (Å²) in [6, 6.07) is 59.1. The van der Waals surface area contributed by atoms with Crippen LogP contribution in [-0.4, -0.2) is 18.7 Å². The predicted octanol–water partition coefficient (Wildman–Crippen LogP) is 12.0. The Morgan fingerprint density at radius 2 is 1.27 bits per heavy atom. The van der Waals surface area contributed by atoms with E-state index in [2.05, 4.69) is 206 Å². The fraction of sp³-hybridized carbons (Fsp3) is 0.160. The molecule has 0 aliphatic heterocycles. The Labute approximate surface area is 337 Å². The Bertz CT molecular complexity index is 2880. The summed E-state index contributed by atoms with van der Waals surface area (Å²) >= 11 is 0. The molecule has 0 amide bonds. The smallest absolute Gasteiger partial charge is 0.188 e. The molecule has 10 rings (SSSR count). The maximum Gasteiger partial charge on any atom is 0.188 e. The maximum atomic E-state index is 4.99. The second-order valence-corrected chi connectivity index (χ2v) is 15.9. The number of fused-ring (bicyclic) bond motifs is 7. The van der Waals surface area contributed by atoms with E-state index < -0.39 is 5.41 Å². The largest absolute Gasteiger partial charge is 0.319 e. The van der Waals surface area contributed by atoms with Gasteiger partial charge in [-0.1, -0.05) is 99.1 Å². The van der Waals surface area contributed by atoms with Gasteiger partial charge in [-0.3, -0.25) is 0 Å². The molecule has 3 heterocycles. The molecule has 0 atom stereocenters. The van der Waals surface area contributed by atoms with E-state index in [1.807, 2.05) is 6.20 Å². The minimum atomic E-state index is -0.684. The number of para-hydroxylation sites is 3. The summed E-state index contributed by atoms with van der Waals surface area (Å²) in [4.78, 5) is 4.99. The first-order chi connectivity index (χ1) is 26.2. The van der Waals surface area contributed by atoms with Crippen LogP contribution in [0.2, 0.25) is 0 Å². The number of pyridine rings is 1. The molecule has 3 aromatic heterocycles. The van der Waals surface area contributed by atoms with E-state index >= 15 is 0 Å². The number of aromatic nitrogens is 4. The van der Waals surface area contributed by atoms with E-state index in [0.29, 0.717) is 6.04 Å². The predicted molar refractivity (Wildman–Crippen MR) is 222 cm³/mol. The Hall–Kier alpha value is -5.57. The van der Waals surface area contributed by atoms with Gasteiger partial charge in [0.2, 0.25) is 0 Å². The van der Waals surface area contributed by atoms with Crippen LogP contribution in [0.25, 0.3) is 55.5 Å². The van der Waals surface area contributed by atoms with Gasteiger partial charge in [0.25, 0.3) is 0 Å². The summed E-state index contributed by atoms with van der Waals surface area (Å²) in [5.74, 6) is 0.898. The van der Waals surface area contributed by atoms with Crippen LogP contribution in [0, 0.1) is 12.1 Å². The third kappa shape index (κ3) is 5.22. The molecule has 0 unspecified atom stereocenters. The summed E-state index contributed by atoms with van der Waals surface area (Å²) in [6.45, 7) is 11.2. The van der Waals surface area contributed by atoms with E-state index in [4.69, 9.17) is 4.98 Å². The van der Waals surface area contributed by atoms with Crippen molar-refractivity contribution in [1.82, 2.24) is 18.7 Å². The van der Waals surface area contributed by atoms with Gasteiger partial charge in [0, 0.05) is 56.0 Å². The normalized spacial score (nSPS) is 13.3. The second-order valence-electron chi connectivity index (χ2n) is 15.9. The molecular formula is C50H41N4Pt-. The van der Waals surface area contributed by atoms with Crippen molar-refractivity contribution in [2.75, 3.05) is 0 Å². The molecule has 6 aromatic carbocycles. The summed E-state index contributed by atoms with van der Waals surface area (Å²) in [7, 11) is 0. The number of benzene rings is 6. The van der Waals surface area contributed by atoms with Crippen molar-refractivity contribution in [3.05, 3.63) is 192 Å². The Morgan fingerprint density at radius 1 is 0.636 bits per heavy atom. The molecule has 1 aliphatic carbocycles. The van der Waals surface area contributed by atoms with Crippen LogP contribution in [0.15, 0.2) is 152 Å². The van der Waals surface area contributed by atoms with Crippen LogP contribution < -0.4 is 0 Å². The SMILES string of the molecule is CC(C)n1[cH+]n(-c2[c-]c(C3(c4[c-]c5c(cc4)c4ccccc4n5-c4cc(C(C)(C)C)ccn4)c4ccccc4-c4ccccc43)ccc2)c2ccccc21.[Pt]. The second kappa shape index (κ2) is 13.0. The van der Waals surface area contributed by atoms with Gasteiger partial charge < -0.3 is 4.57 Å². The molecule has 1 aliphatic rings. The van der Waals surface area contributed by atoms with Gasteiger partial charge in [-0.05, 0) is 82.8 Å². The molecule has 4 nitrogen and oxygen atoms in total. The van der Waals surface area contributed by atoms with Crippen molar-refractivity contribution in [3.63, 3.8) is 0 Å². The van der Waals surface area contributed by atoms with Crippen molar-refractivity contribution >= 4 is 32.8 Å². The number of imidazole rings is 1. The van der Waals surface area contributed by atoms with Gasteiger partial charge in [-0.15, -0.1) is 22.6 Å². The van der Waals surface area contributed by atoms with E-state index in [9.17, 15) is 0 Å². The van der Waals surface area contributed by atoms with Gasteiger partial charge in [0.15, 0.2) is 17.4 Å². The molecule has 0 saturated heterocycles. The molecule has 55 heavy (non-hydrogen) atoms. The summed E-state index contributed by atoms with van der Waals surface area (Å²) in [5.41, 5.74) is 13.1. The van der Waals surface area contributed by atoms with Crippen molar-refractivity contribution in [2.45, 2.75) is 51.5 Å². The molecule has 0 saturated carbocycles. The zero-order chi connectivity index (χ0) is 36.8. The van der Waals surface area contributed by atoms with Crippen molar-refractivity contribution in [2.24, 2.45) is 0 Å². The maximum absolute atomic E-state index is 4.99. The van der Waals surface area contributed by atoms with Crippen LogP contribution in [0.3, 0.4) is 0 Å². The summed E-state index contributed by atoms with van der Waals surface area (Å²) < 4.78 is 6.94. The topological polar surface area (TPSA) is 27.7 Å². The molecule has 0 N–H and O–H groups in total. The van der Waals surface area contributed by atoms with E-state index in [1.54, 1.807) is 0 Å². The van der Waals surface area contributed by atoms with Crippen LogP contribution in [-0.2, 0) is 31.9 Å². The Morgan fingerprint density at radius 3 is 1.98 bits per heavy atom. The first-order valence-corrected chi connectivity index (χ1v) is 18.9. The molecule has 5 heteroatoms. The Balaban J connectivity index is 0.00000397. The number of hydrogen-bond donors (Lipinski definition) is 0. The molecular weight excluding hydrogens is 852 g/mol. The minimum absolute atomic E-state index is 0. The van der Waals surface area contributed by atoms with Crippen LogP contribution in [0.4, 0.5) is 0 Å². The van der Waals surface area contributed by atoms with E-state index in [-0.39, 0.29) is 26.5 Å². The molecule has 9 aromatic rings. The van der Waals surface area contributed by atoms with E-state index in [0.717, 1.165) is 44.6 Å². The van der Waals surface area contributed by atoms with Gasteiger partial charge in [0.1, 0.15) is 5.82 Å². The first kappa shape index (κ1) is 35.1. The monoisotopic (exact) mass is 892 g/mol. The van der Waals surface area contributed by atoms with E-state index in [1.165, 1.54) is 38.7 Å². The third-order valence-corrected chi connectivity index (χ3v) is 11.4. The van der Waals surface area contributed by atoms with Gasteiger partial charge >= 0.3 is 0 Å². The average Bonchev–Trinajstić information content (AvgIpc) is 3.85. The number of nitrogens with zero attached hydrogens (tertiary/aromatic N) is 4. The molecule has 0 radical (unpaired) electrons. The van der Waals surface area contributed by atoms with Crippen molar-refractivity contribution in [1.29, 1.82) is 0 Å². The molecule has 0 bridgehead atoms. The van der Waals surface area contributed by atoms with Gasteiger partial charge in [-0.25, -0.2) is 14.1 Å². The summed E-state index contributed by atoms with van der Waals surface area (Å²) in [6.07, 6.45) is 4.17. The quantitative estimate of drug-likeness (QED) is 0.158. The fourth-order valence-corrected chi connectivity index (χ4v) is 8.87. The zero-order valence-corrected chi connectivity index (χ0v) is 33.9. The number of hydrogen-bond acceptors (Lipinski definition) is 1. The fourth-order valence-electron chi connectivity index (χ4n) is 8.87. The molecule has 0 fully saturated rings. The average molecular weight is 893 g/mol. The molecule has 0 spiro atoms. The van der Waals surface area contributed by atoms with Gasteiger partial charge in [0.05, 0.1) is 6.04 Å². The van der Waals surface area contributed by atoms with Crippen LogP contribution in [0.5, 0.6) is 0 Å². The standard InChI is InChI=1S/C50H41N4.Pt/c1-33(2)52-32-53(46-24-13-12-23-45(46)52)37-16-14-15-35(29-37)50(42-20-9-6-17-38(42)39-18-7-10-21-43(39)50)36-25-26-41-40-19-8-11-22-44(40)54(47(41)30-36)48-31-34(27-28-51-48)49(3,4)5;/h6-28,31-33H,1-5H3;/q-1;. The summed E-state index contributed by atoms with van der Waals surface area (Å²) in [5, 5.41) is 2.34. The van der Waals surface area contributed by atoms with Crippen LogP contribution >= 0.6 is 0 Å². The first-order valence-electron chi connectivity index (χ1n) is 18.9.